The van der Waals surface area contributed by atoms with Crippen LogP contribution in [0.3, 0.4) is 0 Å². The summed E-state index contributed by atoms with van der Waals surface area (Å²) in [5, 5.41) is 9.89. The van der Waals surface area contributed by atoms with Crippen molar-refractivity contribution >= 4 is 38.9 Å². The first kappa shape index (κ1) is 14.1. The van der Waals surface area contributed by atoms with Gasteiger partial charge in [0, 0.05) is 25.7 Å². The summed E-state index contributed by atoms with van der Waals surface area (Å²) in [6.45, 7) is 2.16. The number of aliphatic hydroxyl groups excluding tert-OH is 1. The van der Waals surface area contributed by atoms with E-state index >= 15 is 0 Å². The lowest BCUT2D eigenvalue weighted by Crippen LogP contribution is -1.92. The Morgan fingerprint density at radius 3 is 2.56 bits per heavy atom. The fourth-order valence-electron chi connectivity index (χ4n) is 1.78. The number of hydrogen-bond acceptors (Lipinski definition) is 2. The zero-order valence-corrected chi connectivity index (χ0v) is 13.2. The van der Waals surface area contributed by atoms with Crippen LogP contribution in [-0.2, 0) is 19.4 Å². The monoisotopic (exact) mass is 344 g/mol. The van der Waals surface area contributed by atoms with Gasteiger partial charge in [-0.3, -0.25) is 0 Å². The van der Waals surface area contributed by atoms with Crippen LogP contribution in [0, 0.1) is 0 Å². The minimum absolute atomic E-state index is 0.000428. The smallest absolute Gasteiger partial charge is 0.0693 e. The number of rotatable bonds is 4. The van der Waals surface area contributed by atoms with Crippen molar-refractivity contribution in [2.24, 2.45) is 0 Å². The summed E-state index contributed by atoms with van der Waals surface area (Å²) in [4.78, 5) is 2.71. The van der Waals surface area contributed by atoms with E-state index in [1.807, 2.05) is 23.5 Å². The molecule has 0 unspecified atom stereocenters. The maximum Gasteiger partial charge on any atom is 0.0693 e. The van der Waals surface area contributed by atoms with Crippen LogP contribution >= 0.6 is 38.9 Å². The number of aryl methyl sites for hydroxylation is 1. The molecule has 0 spiro atoms. The molecule has 0 saturated heterocycles. The minimum atomic E-state index is -0.000428. The first-order valence-corrected chi connectivity index (χ1v) is 7.78. The molecule has 1 aromatic carbocycles. The van der Waals surface area contributed by atoms with Gasteiger partial charge >= 0.3 is 0 Å². The Labute approximate surface area is 125 Å². The van der Waals surface area contributed by atoms with E-state index in [0.717, 1.165) is 28.4 Å². The van der Waals surface area contributed by atoms with Crippen LogP contribution in [0.15, 0.2) is 28.7 Å². The summed E-state index contributed by atoms with van der Waals surface area (Å²) in [5.41, 5.74) is 1.91. The molecular formula is C14H14BrClOS. The lowest BCUT2D eigenvalue weighted by atomic mass is 10.1. The maximum absolute atomic E-state index is 9.17. The predicted octanol–water partition coefficient (Wildman–Crippen LogP) is 4.81. The van der Waals surface area contributed by atoms with Gasteiger partial charge in [-0.05, 0) is 41.8 Å². The second-order valence-corrected chi connectivity index (χ2v) is 6.61. The van der Waals surface area contributed by atoms with E-state index in [9.17, 15) is 5.11 Å². The lowest BCUT2D eigenvalue weighted by molar-refractivity contribution is 0.281. The second kappa shape index (κ2) is 6.20. The van der Waals surface area contributed by atoms with Crippen LogP contribution in [0.5, 0.6) is 0 Å². The van der Waals surface area contributed by atoms with Crippen molar-refractivity contribution in [2.45, 2.75) is 26.4 Å². The van der Waals surface area contributed by atoms with Crippen molar-refractivity contribution in [3.63, 3.8) is 0 Å². The molecular weight excluding hydrogens is 332 g/mol. The van der Waals surface area contributed by atoms with Crippen LogP contribution in [0.1, 0.15) is 27.8 Å². The molecule has 0 amide bonds. The van der Waals surface area contributed by atoms with Crippen LogP contribution in [-0.4, -0.2) is 5.11 Å². The molecule has 0 bridgehead atoms. The lowest BCUT2D eigenvalue weighted by Gasteiger charge is -2.07. The van der Waals surface area contributed by atoms with Gasteiger partial charge in [0.1, 0.15) is 0 Å². The van der Waals surface area contributed by atoms with E-state index in [4.69, 9.17) is 11.6 Å². The second-order valence-electron chi connectivity index (χ2n) is 4.09. The number of thiophene rings is 1. The molecule has 1 aromatic heterocycles. The predicted molar refractivity (Wildman–Crippen MR) is 81.6 cm³/mol. The van der Waals surface area contributed by atoms with Gasteiger partial charge in [-0.2, -0.15) is 0 Å². The van der Waals surface area contributed by atoms with E-state index in [0.29, 0.717) is 5.02 Å². The Morgan fingerprint density at radius 2 is 1.94 bits per heavy atom. The van der Waals surface area contributed by atoms with E-state index in [2.05, 4.69) is 35.0 Å². The summed E-state index contributed by atoms with van der Waals surface area (Å²) in [5.74, 6) is 0. The van der Waals surface area contributed by atoms with Crippen molar-refractivity contribution in [3.05, 3.63) is 54.6 Å². The van der Waals surface area contributed by atoms with Gasteiger partial charge in [-0.1, -0.05) is 34.5 Å². The van der Waals surface area contributed by atoms with E-state index < -0.39 is 0 Å². The molecule has 1 heterocycles. The molecule has 0 atom stereocenters. The Bertz CT molecular complexity index is 551. The fourth-order valence-corrected chi connectivity index (χ4v) is 3.53. The zero-order chi connectivity index (χ0) is 13.1. The number of benzene rings is 1. The highest BCUT2D eigenvalue weighted by Crippen LogP contribution is 2.29. The molecule has 2 aromatic rings. The van der Waals surface area contributed by atoms with E-state index in [-0.39, 0.29) is 6.61 Å². The maximum atomic E-state index is 9.17. The molecule has 0 aliphatic rings. The topological polar surface area (TPSA) is 20.2 Å². The summed E-state index contributed by atoms with van der Waals surface area (Å²) >= 11 is 11.5. The molecule has 0 aliphatic heterocycles. The average molecular weight is 346 g/mol. The molecule has 4 heteroatoms. The van der Waals surface area contributed by atoms with Crippen molar-refractivity contribution in [1.29, 1.82) is 0 Å². The van der Waals surface area contributed by atoms with Crippen molar-refractivity contribution in [2.75, 3.05) is 0 Å². The van der Waals surface area contributed by atoms with Gasteiger partial charge in [0.05, 0.1) is 6.61 Å². The molecule has 0 aliphatic carbocycles. The molecule has 0 saturated carbocycles. The Balaban J connectivity index is 2.26. The molecule has 1 nitrogen and oxygen atoms in total. The molecule has 18 heavy (non-hydrogen) atoms. The number of halogens is 2. The van der Waals surface area contributed by atoms with E-state index in [1.165, 1.54) is 9.75 Å². The Kier molecular flexibility index (Phi) is 4.84. The van der Waals surface area contributed by atoms with Crippen LogP contribution in [0.25, 0.3) is 0 Å². The normalized spacial score (nSPS) is 10.9. The first-order chi connectivity index (χ1) is 8.63. The van der Waals surface area contributed by atoms with Crippen LogP contribution in [0.4, 0.5) is 0 Å². The highest BCUT2D eigenvalue weighted by molar-refractivity contribution is 9.10. The summed E-state index contributed by atoms with van der Waals surface area (Å²) in [6, 6.07) is 8.16. The Morgan fingerprint density at radius 1 is 1.22 bits per heavy atom. The highest BCUT2D eigenvalue weighted by Gasteiger charge is 2.08. The summed E-state index contributed by atoms with van der Waals surface area (Å²) in [7, 11) is 0. The van der Waals surface area contributed by atoms with Crippen LogP contribution in [0.2, 0.25) is 5.02 Å². The van der Waals surface area contributed by atoms with Crippen LogP contribution < -0.4 is 0 Å². The van der Waals surface area contributed by atoms with Gasteiger partial charge < -0.3 is 5.11 Å². The largest absolute Gasteiger partial charge is 0.392 e. The highest BCUT2D eigenvalue weighted by atomic mass is 79.9. The summed E-state index contributed by atoms with van der Waals surface area (Å²) in [6.07, 6.45) is 1.92. The zero-order valence-electron chi connectivity index (χ0n) is 10.0. The summed E-state index contributed by atoms with van der Waals surface area (Å²) < 4.78 is 0.914. The van der Waals surface area contributed by atoms with E-state index in [1.54, 1.807) is 0 Å². The number of hydrogen-bond donors (Lipinski definition) is 1. The minimum Gasteiger partial charge on any atom is -0.392 e. The third-order valence-corrected chi connectivity index (χ3v) is 5.14. The van der Waals surface area contributed by atoms with Gasteiger partial charge in [0.15, 0.2) is 0 Å². The fraction of sp³-hybridized carbons (Fsp3) is 0.286. The Hall–Kier alpha value is -0.350. The van der Waals surface area contributed by atoms with Gasteiger partial charge in [0.2, 0.25) is 0 Å². The third kappa shape index (κ3) is 3.15. The number of aliphatic hydroxyl groups is 1. The molecule has 96 valence electrons. The van der Waals surface area contributed by atoms with Gasteiger partial charge in [-0.25, -0.2) is 0 Å². The SMILES string of the molecule is CCc1ccc(Cc2cc(Br)c(CO)cc2Cl)s1. The van der Waals surface area contributed by atoms with Crippen molar-refractivity contribution in [3.8, 4) is 0 Å². The van der Waals surface area contributed by atoms with Crippen molar-refractivity contribution in [1.82, 2.24) is 0 Å². The molecule has 0 radical (unpaired) electrons. The molecule has 1 N–H and O–H groups in total. The average Bonchev–Trinajstić information content (AvgIpc) is 2.81. The molecule has 0 fully saturated rings. The third-order valence-electron chi connectivity index (χ3n) is 2.82. The van der Waals surface area contributed by atoms with Gasteiger partial charge in [0.25, 0.3) is 0 Å². The van der Waals surface area contributed by atoms with Gasteiger partial charge in [-0.15, -0.1) is 11.3 Å². The quantitative estimate of drug-likeness (QED) is 0.843. The standard InChI is InChI=1S/C14H14BrClOS/c1-2-11-3-4-12(18-11)5-9-6-13(15)10(8-17)7-14(9)16/h3-4,6-7,17H,2,5,8H2,1H3. The molecule has 2 rings (SSSR count). The first-order valence-electron chi connectivity index (χ1n) is 5.79. The van der Waals surface area contributed by atoms with Crippen molar-refractivity contribution < 1.29 is 5.11 Å².